The Morgan fingerprint density at radius 1 is 1.24 bits per heavy atom. The molecule has 0 radical (unpaired) electrons. The zero-order valence-corrected chi connectivity index (χ0v) is 21.5. The second kappa shape index (κ2) is 10.1. The van der Waals surface area contributed by atoms with Gasteiger partial charge in [0.05, 0.1) is 18.7 Å². The Morgan fingerprint density at radius 3 is 2.71 bits per heavy atom. The monoisotopic (exact) mass is 525 g/mol. The summed E-state index contributed by atoms with van der Waals surface area (Å²) >= 11 is 2.36. The maximum Gasteiger partial charge on any atom is 0.341 e. The molecule has 0 spiro atoms. The molecule has 0 aliphatic carbocycles. The van der Waals surface area contributed by atoms with Crippen molar-refractivity contribution in [1.82, 2.24) is 9.21 Å². The van der Waals surface area contributed by atoms with Crippen LogP contribution in [0.1, 0.15) is 53.9 Å². The number of carbonyl (C=O) groups is 3. The van der Waals surface area contributed by atoms with Crippen molar-refractivity contribution in [3.8, 4) is 0 Å². The van der Waals surface area contributed by atoms with Crippen LogP contribution in [0.3, 0.4) is 0 Å². The molecular weight excluding hydrogens is 498 g/mol. The van der Waals surface area contributed by atoms with Gasteiger partial charge in [0.2, 0.25) is 11.8 Å². The van der Waals surface area contributed by atoms with Gasteiger partial charge in [0.25, 0.3) is 10.0 Å². The summed E-state index contributed by atoms with van der Waals surface area (Å²) in [5.41, 5.74) is 1.09. The molecule has 4 rings (SSSR count). The molecule has 1 unspecified atom stereocenters. The van der Waals surface area contributed by atoms with E-state index in [4.69, 9.17) is 4.74 Å². The molecule has 1 atom stereocenters. The second-order valence-corrected chi connectivity index (χ2v) is 12.3. The van der Waals surface area contributed by atoms with Gasteiger partial charge in [0, 0.05) is 24.9 Å². The highest BCUT2D eigenvalue weighted by atomic mass is 32.2. The fourth-order valence-electron chi connectivity index (χ4n) is 4.36. The van der Waals surface area contributed by atoms with Crippen LogP contribution in [0.15, 0.2) is 21.7 Å². The average Bonchev–Trinajstić information content (AvgIpc) is 3.47. The maximum atomic E-state index is 13.4. The van der Waals surface area contributed by atoms with Crippen LogP contribution in [0.25, 0.3) is 0 Å². The van der Waals surface area contributed by atoms with Crippen molar-refractivity contribution in [2.75, 3.05) is 25.0 Å². The average molecular weight is 526 g/mol. The van der Waals surface area contributed by atoms with Crippen LogP contribution in [0, 0.1) is 0 Å². The quantitative estimate of drug-likeness (QED) is 0.580. The number of hydrogen-bond donors (Lipinski definition) is 1. The van der Waals surface area contributed by atoms with Crippen molar-refractivity contribution in [3.05, 3.63) is 33.5 Å². The number of carbonyl (C=O) groups excluding carboxylic acids is 3. The van der Waals surface area contributed by atoms with Gasteiger partial charge in [0.1, 0.15) is 15.3 Å². The molecule has 12 heteroatoms. The smallest absolute Gasteiger partial charge is 0.341 e. The van der Waals surface area contributed by atoms with Crippen molar-refractivity contribution in [2.45, 2.75) is 56.3 Å². The van der Waals surface area contributed by atoms with Gasteiger partial charge in [-0.15, -0.1) is 22.7 Å². The third-order valence-corrected chi connectivity index (χ3v) is 10.4. The van der Waals surface area contributed by atoms with Gasteiger partial charge in [-0.1, -0.05) is 12.5 Å². The van der Waals surface area contributed by atoms with Gasteiger partial charge in [-0.05, 0) is 43.2 Å². The summed E-state index contributed by atoms with van der Waals surface area (Å²) in [6.45, 7) is 4.50. The molecule has 2 aliphatic rings. The number of anilines is 1. The first kappa shape index (κ1) is 24.8. The minimum absolute atomic E-state index is 0.0565. The third-order valence-electron chi connectivity index (χ3n) is 6.03. The summed E-state index contributed by atoms with van der Waals surface area (Å²) in [6, 6.07) is 2.34. The minimum atomic E-state index is -3.80. The highest BCUT2D eigenvalue weighted by molar-refractivity contribution is 7.91. The summed E-state index contributed by atoms with van der Waals surface area (Å²) in [5.74, 6) is -1.05. The van der Waals surface area contributed by atoms with Crippen molar-refractivity contribution < 1.29 is 27.5 Å². The van der Waals surface area contributed by atoms with Crippen LogP contribution in [0.5, 0.6) is 0 Å². The SMILES string of the molecule is CCOC(=O)c1c(NC(=O)C2CCCCN2S(=O)(=O)c2cccs2)sc2c1CCN(C(C)=O)C2. The second-order valence-electron chi connectivity index (χ2n) is 8.17. The fraction of sp³-hybridized carbons (Fsp3) is 0.500. The first-order chi connectivity index (χ1) is 16.2. The number of esters is 1. The Labute approximate surface area is 206 Å². The highest BCUT2D eigenvalue weighted by Crippen LogP contribution is 2.38. The molecule has 2 aromatic heterocycles. The van der Waals surface area contributed by atoms with Crippen LogP contribution in [-0.2, 0) is 37.3 Å². The Hall–Kier alpha value is -2.28. The summed E-state index contributed by atoms with van der Waals surface area (Å²) in [7, 11) is -3.80. The molecule has 2 aromatic rings. The molecule has 2 amide bonds. The van der Waals surface area contributed by atoms with E-state index in [2.05, 4.69) is 5.32 Å². The third kappa shape index (κ3) is 4.77. The summed E-state index contributed by atoms with van der Waals surface area (Å²) in [6.07, 6.45) is 2.29. The zero-order chi connectivity index (χ0) is 24.5. The lowest BCUT2D eigenvalue weighted by Gasteiger charge is -2.33. The van der Waals surface area contributed by atoms with Gasteiger partial charge < -0.3 is 15.0 Å². The molecule has 0 aromatic carbocycles. The van der Waals surface area contributed by atoms with E-state index in [0.717, 1.165) is 28.2 Å². The summed E-state index contributed by atoms with van der Waals surface area (Å²) in [4.78, 5) is 40.6. The maximum absolute atomic E-state index is 13.4. The lowest BCUT2D eigenvalue weighted by Crippen LogP contribution is -2.49. The van der Waals surface area contributed by atoms with E-state index in [1.54, 1.807) is 23.3 Å². The number of rotatable bonds is 6. The van der Waals surface area contributed by atoms with Gasteiger partial charge in [-0.3, -0.25) is 9.59 Å². The molecule has 1 fully saturated rings. The van der Waals surface area contributed by atoms with Crippen molar-refractivity contribution in [1.29, 1.82) is 0 Å². The lowest BCUT2D eigenvalue weighted by molar-refractivity contribution is -0.129. The van der Waals surface area contributed by atoms with E-state index in [1.807, 2.05) is 0 Å². The lowest BCUT2D eigenvalue weighted by atomic mass is 10.0. The zero-order valence-electron chi connectivity index (χ0n) is 19.0. The van der Waals surface area contributed by atoms with E-state index in [9.17, 15) is 22.8 Å². The first-order valence-corrected chi connectivity index (χ1v) is 14.3. The number of thiophene rings is 2. The molecule has 0 saturated carbocycles. The number of ether oxygens (including phenoxy) is 1. The fourth-order valence-corrected chi connectivity index (χ4v) is 8.39. The van der Waals surface area contributed by atoms with E-state index in [-0.39, 0.29) is 23.3 Å². The first-order valence-electron chi connectivity index (χ1n) is 11.2. The standard InChI is InChI=1S/C22H27N3O6S3/c1-3-31-22(28)19-15-9-11-24(14(2)26)13-17(15)33-21(19)23-20(27)16-7-4-5-10-25(16)34(29,30)18-8-6-12-32-18/h6,8,12,16H,3-5,7,9-11,13H2,1-2H3,(H,23,27). The summed E-state index contributed by atoms with van der Waals surface area (Å²) < 4.78 is 33.1. The molecule has 9 nitrogen and oxygen atoms in total. The van der Waals surface area contributed by atoms with Gasteiger partial charge in [0.15, 0.2) is 0 Å². The number of sulfonamides is 1. The van der Waals surface area contributed by atoms with Crippen LogP contribution < -0.4 is 5.32 Å². The predicted octanol–water partition coefficient (Wildman–Crippen LogP) is 3.07. The van der Waals surface area contributed by atoms with E-state index in [1.165, 1.54) is 28.6 Å². The Kier molecular flexibility index (Phi) is 7.41. The van der Waals surface area contributed by atoms with Crippen LogP contribution in [0.4, 0.5) is 5.00 Å². The van der Waals surface area contributed by atoms with Crippen LogP contribution in [-0.4, -0.2) is 61.1 Å². The van der Waals surface area contributed by atoms with E-state index < -0.39 is 27.9 Å². The number of piperidine rings is 1. The van der Waals surface area contributed by atoms with Crippen molar-refractivity contribution in [3.63, 3.8) is 0 Å². The largest absolute Gasteiger partial charge is 0.462 e. The van der Waals surface area contributed by atoms with E-state index in [0.29, 0.717) is 42.9 Å². The summed E-state index contributed by atoms with van der Waals surface area (Å²) in [5, 5.41) is 4.88. The van der Waals surface area contributed by atoms with Gasteiger partial charge in [-0.2, -0.15) is 4.31 Å². The van der Waals surface area contributed by atoms with Gasteiger partial charge in [-0.25, -0.2) is 13.2 Å². The predicted molar refractivity (Wildman–Crippen MR) is 130 cm³/mol. The molecule has 1 saturated heterocycles. The molecular formula is C22H27N3O6S3. The normalized spacial score (nSPS) is 18.9. The van der Waals surface area contributed by atoms with Crippen molar-refractivity contribution in [2.24, 2.45) is 0 Å². The Bertz CT molecular complexity index is 1190. The number of amides is 2. The molecule has 1 N–H and O–H groups in total. The topological polar surface area (TPSA) is 113 Å². The van der Waals surface area contributed by atoms with Crippen LogP contribution >= 0.6 is 22.7 Å². The molecule has 2 aliphatic heterocycles. The minimum Gasteiger partial charge on any atom is -0.462 e. The molecule has 34 heavy (non-hydrogen) atoms. The number of fused-ring (bicyclic) bond motifs is 1. The van der Waals surface area contributed by atoms with Crippen LogP contribution in [0.2, 0.25) is 0 Å². The number of hydrogen-bond acceptors (Lipinski definition) is 8. The number of nitrogens with one attached hydrogen (secondary N) is 1. The Balaban J connectivity index is 1.64. The van der Waals surface area contributed by atoms with Crippen molar-refractivity contribution >= 4 is 55.5 Å². The molecule has 0 bridgehead atoms. The molecule has 4 heterocycles. The number of nitrogens with zero attached hydrogens (tertiary/aromatic N) is 2. The molecule has 184 valence electrons. The highest BCUT2D eigenvalue weighted by Gasteiger charge is 2.39. The Morgan fingerprint density at radius 2 is 2.03 bits per heavy atom. The van der Waals surface area contributed by atoms with Gasteiger partial charge >= 0.3 is 5.97 Å². The van der Waals surface area contributed by atoms with E-state index >= 15 is 0 Å².